The minimum absolute atomic E-state index is 0.0750. The van der Waals surface area contributed by atoms with Gasteiger partial charge in [0.05, 0.1) is 17.7 Å². The van der Waals surface area contributed by atoms with Crippen molar-refractivity contribution in [3.63, 3.8) is 0 Å². The summed E-state index contributed by atoms with van der Waals surface area (Å²) >= 11 is 1.46. The Morgan fingerprint density at radius 3 is 2.62 bits per heavy atom. The molecule has 3 N–H and O–H groups in total. The predicted octanol–water partition coefficient (Wildman–Crippen LogP) is 3.54. The lowest BCUT2D eigenvalue weighted by Gasteiger charge is -2.06. The first-order valence-corrected chi connectivity index (χ1v) is 8.71. The van der Waals surface area contributed by atoms with Crippen LogP contribution in [0.25, 0.3) is 10.6 Å². The quantitative estimate of drug-likeness (QED) is 0.721. The Labute approximate surface area is 153 Å². The van der Waals surface area contributed by atoms with Crippen molar-refractivity contribution in [3.05, 3.63) is 70.5 Å². The summed E-state index contributed by atoms with van der Waals surface area (Å²) in [5.41, 5.74) is 7.95. The molecule has 0 saturated heterocycles. The van der Waals surface area contributed by atoms with Gasteiger partial charge in [0.25, 0.3) is 5.91 Å². The van der Waals surface area contributed by atoms with Crippen molar-refractivity contribution in [1.29, 1.82) is 0 Å². The molecule has 0 radical (unpaired) electrons. The Bertz CT molecular complexity index is 967. The van der Waals surface area contributed by atoms with Gasteiger partial charge in [-0.05, 0) is 25.1 Å². The molecule has 2 aromatic carbocycles. The van der Waals surface area contributed by atoms with Gasteiger partial charge in [-0.15, -0.1) is 11.3 Å². The Morgan fingerprint density at radius 1 is 1.19 bits per heavy atom. The van der Waals surface area contributed by atoms with Crippen LogP contribution in [0, 0.1) is 12.7 Å². The van der Waals surface area contributed by atoms with Gasteiger partial charge in [-0.2, -0.15) is 0 Å². The summed E-state index contributed by atoms with van der Waals surface area (Å²) in [6.45, 7) is 2.01. The Morgan fingerprint density at radius 2 is 1.92 bits per heavy atom. The van der Waals surface area contributed by atoms with Crippen LogP contribution in [0.2, 0.25) is 0 Å². The van der Waals surface area contributed by atoms with Gasteiger partial charge in [0, 0.05) is 16.6 Å². The number of nitrogens with zero attached hydrogens (tertiary/aromatic N) is 1. The summed E-state index contributed by atoms with van der Waals surface area (Å²) in [7, 11) is 0. The van der Waals surface area contributed by atoms with Crippen LogP contribution in [0.3, 0.4) is 0 Å². The molecule has 132 valence electrons. The monoisotopic (exact) mass is 369 g/mol. The number of nitrogens with two attached hydrogens (primary N) is 1. The zero-order valence-corrected chi connectivity index (χ0v) is 14.8. The fourth-order valence-electron chi connectivity index (χ4n) is 2.38. The van der Waals surface area contributed by atoms with Crippen LogP contribution in [-0.2, 0) is 11.2 Å². The maximum Gasteiger partial charge on any atom is 0.251 e. The van der Waals surface area contributed by atoms with E-state index in [0.717, 1.165) is 16.6 Å². The maximum absolute atomic E-state index is 13.5. The number of nitrogens with one attached hydrogen (secondary N) is 1. The number of benzene rings is 2. The zero-order chi connectivity index (χ0) is 18.7. The normalized spacial score (nSPS) is 10.5. The van der Waals surface area contributed by atoms with Crippen molar-refractivity contribution < 1.29 is 14.0 Å². The second kappa shape index (κ2) is 7.45. The third-order valence-electron chi connectivity index (χ3n) is 3.71. The third kappa shape index (κ3) is 4.12. The van der Waals surface area contributed by atoms with E-state index >= 15 is 0 Å². The first-order chi connectivity index (χ1) is 12.4. The van der Waals surface area contributed by atoms with Gasteiger partial charge in [-0.25, -0.2) is 9.37 Å². The molecule has 0 aliphatic rings. The van der Waals surface area contributed by atoms with E-state index in [2.05, 4.69) is 10.3 Å². The predicted molar refractivity (Wildman–Crippen MR) is 99.5 cm³/mol. The lowest BCUT2D eigenvalue weighted by molar-refractivity contribution is -0.115. The number of hydrogen-bond acceptors (Lipinski definition) is 4. The van der Waals surface area contributed by atoms with Crippen LogP contribution >= 0.6 is 11.3 Å². The molecular weight excluding hydrogens is 353 g/mol. The Kier molecular flexibility index (Phi) is 5.09. The summed E-state index contributed by atoms with van der Waals surface area (Å²) < 4.78 is 13.5. The van der Waals surface area contributed by atoms with E-state index in [4.69, 9.17) is 5.73 Å². The molecule has 0 saturated carbocycles. The van der Waals surface area contributed by atoms with Crippen LogP contribution in [0.4, 0.5) is 10.1 Å². The molecule has 0 aliphatic carbocycles. The number of amides is 2. The number of anilines is 1. The number of aromatic nitrogens is 1. The van der Waals surface area contributed by atoms with E-state index in [1.165, 1.54) is 29.0 Å². The van der Waals surface area contributed by atoms with Crippen LogP contribution in [0.15, 0.2) is 47.8 Å². The van der Waals surface area contributed by atoms with Gasteiger partial charge in [-0.1, -0.05) is 29.8 Å². The Balaban J connectivity index is 1.68. The summed E-state index contributed by atoms with van der Waals surface area (Å²) in [6.07, 6.45) is 0.0750. The summed E-state index contributed by atoms with van der Waals surface area (Å²) in [4.78, 5) is 27.8. The molecule has 7 heteroatoms. The van der Waals surface area contributed by atoms with E-state index in [0.29, 0.717) is 11.4 Å². The fourth-order valence-corrected chi connectivity index (χ4v) is 3.20. The summed E-state index contributed by atoms with van der Waals surface area (Å²) in [5.74, 6) is -1.92. The molecule has 0 fully saturated rings. The lowest BCUT2D eigenvalue weighted by Crippen LogP contribution is -2.17. The summed E-state index contributed by atoms with van der Waals surface area (Å²) in [5, 5.41) is 5.29. The highest BCUT2D eigenvalue weighted by atomic mass is 32.1. The van der Waals surface area contributed by atoms with E-state index in [1.54, 1.807) is 0 Å². The van der Waals surface area contributed by atoms with Gasteiger partial charge in [0.1, 0.15) is 10.8 Å². The molecule has 2 amide bonds. The van der Waals surface area contributed by atoms with E-state index < -0.39 is 11.7 Å². The average Bonchev–Trinajstić information content (AvgIpc) is 3.05. The second-order valence-electron chi connectivity index (χ2n) is 5.79. The van der Waals surface area contributed by atoms with Crippen molar-refractivity contribution in [2.24, 2.45) is 5.73 Å². The SMILES string of the molecule is Cc1ccc(-c2nc(CC(=O)Nc3ccc(F)c(C(N)=O)c3)cs2)cc1. The van der Waals surface area contributed by atoms with Crippen molar-refractivity contribution in [3.8, 4) is 10.6 Å². The topological polar surface area (TPSA) is 85.1 Å². The highest BCUT2D eigenvalue weighted by Gasteiger charge is 2.12. The number of rotatable bonds is 5. The number of aryl methyl sites for hydroxylation is 1. The van der Waals surface area contributed by atoms with Crippen molar-refractivity contribution >= 4 is 28.8 Å². The second-order valence-corrected chi connectivity index (χ2v) is 6.65. The van der Waals surface area contributed by atoms with E-state index in [-0.39, 0.29) is 17.9 Å². The van der Waals surface area contributed by atoms with Crippen molar-refractivity contribution in [1.82, 2.24) is 4.98 Å². The Hall–Kier alpha value is -3.06. The van der Waals surface area contributed by atoms with Gasteiger partial charge >= 0.3 is 0 Å². The number of thiazole rings is 1. The molecule has 0 bridgehead atoms. The molecule has 5 nitrogen and oxygen atoms in total. The molecule has 1 heterocycles. The fraction of sp³-hybridized carbons (Fsp3) is 0.105. The molecular formula is C19H16FN3O2S. The molecule has 26 heavy (non-hydrogen) atoms. The standard InChI is InChI=1S/C19H16FN3O2S/c1-11-2-4-12(5-3-11)19-23-14(10-26-19)9-17(24)22-13-6-7-16(20)15(8-13)18(21)25/h2-8,10H,9H2,1H3,(H2,21,25)(H,22,24). The summed E-state index contributed by atoms with van der Waals surface area (Å²) in [6, 6.07) is 11.7. The lowest BCUT2D eigenvalue weighted by atomic mass is 10.1. The molecule has 0 spiro atoms. The highest BCUT2D eigenvalue weighted by molar-refractivity contribution is 7.13. The molecule has 0 unspecified atom stereocenters. The van der Waals surface area contributed by atoms with Crippen LogP contribution in [0.1, 0.15) is 21.6 Å². The van der Waals surface area contributed by atoms with Crippen molar-refractivity contribution in [2.45, 2.75) is 13.3 Å². The molecule has 0 aliphatic heterocycles. The smallest absolute Gasteiger partial charge is 0.251 e. The van der Waals surface area contributed by atoms with Crippen LogP contribution in [-0.4, -0.2) is 16.8 Å². The number of primary amides is 1. The van der Waals surface area contributed by atoms with Crippen LogP contribution < -0.4 is 11.1 Å². The third-order valence-corrected chi connectivity index (χ3v) is 4.65. The molecule has 3 rings (SSSR count). The molecule has 1 aromatic heterocycles. The number of hydrogen-bond donors (Lipinski definition) is 2. The maximum atomic E-state index is 13.5. The van der Waals surface area contributed by atoms with Crippen molar-refractivity contribution in [2.75, 3.05) is 5.32 Å². The number of halogens is 1. The average molecular weight is 369 g/mol. The molecule has 0 atom stereocenters. The minimum Gasteiger partial charge on any atom is -0.366 e. The first kappa shape index (κ1) is 17.8. The number of carbonyl (C=O) groups is 2. The number of carbonyl (C=O) groups excluding carboxylic acids is 2. The zero-order valence-electron chi connectivity index (χ0n) is 14.0. The van der Waals surface area contributed by atoms with E-state index in [9.17, 15) is 14.0 Å². The van der Waals surface area contributed by atoms with Crippen LogP contribution in [0.5, 0.6) is 0 Å². The van der Waals surface area contributed by atoms with Gasteiger partial charge in [0.2, 0.25) is 5.91 Å². The largest absolute Gasteiger partial charge is 0.366 e. The minimum atomic E-state index is -0.888. The first-order valence-electron chi connectivity index (χ1n) is 7.83. The van der Waals surface area contributed by atoms with Gasteiger partial charge in [-0.3, -0.25) is 9.59 Å². The molecule has 3 aromatic rings. The highest BCUT2D eigenvalue weighted by Crippen LogP contribution is 2.24. The van der Waals surface area contributed by atoms with Gasteiger partial charge < -0.3 is 11.1 Å². The van der Waals surface area contributed by atoms with E-state index in [1.807, 2.05) is 36.6 Å². The van der Waals surface area contributed by atoms with Gasteiger partial charge in [0.15, 0.2) is 0 Å².